The van der Waals surface area contributed by atoms with Crippen LogP contribution in [-0.4, -0.2) is 5.91 Å². The highest BCUT2D eigenvalue weighted by molar-refractivity contribution is 5.94. The van der Waals surface area contributed by atoms with E-state index < -0.39 is 0 Å². The molecule has 1 fully saturated rings. The average molecular weight is 299 g/mol. The van der Waals surface area contributed by atoms with Crippen LogP contribution in [0.2, 0.25) is 0 Å². The first-order valence-electron chi connectivity index (χ1n) is 7.40. The summed E-state index contributed by atoms with van der Waals surface area (Å²) in [6, 6.07) is 13.5. The zero-order chi connectivity index (χ0) is 15.5. The molecule has 1 aliphatic carbocycles. The molecular weight excluding hydrogens is 281 g/mol. The maximum absolute atomic E-state index is 12.8. The van der Waals surface area contributed by atoms with E-state index in [0.717, 1.165) is 17.7 Å². The number of ether oxygens (including phenoxy) is 1. The number of nitrogens with one attached hydrogen (secondary N) is 1. The van der Waals surface area contributed by atoms with Gasteiger partial charge in [-0.05, 0) is 42.2 Å². The number of rotatable bonds is 5. The summed E-state index contributed by atoms with van der Waals surface area (Å²) >= 11 is 0. The van der Waals surface area contributed by atoms with Gasteiger partial charge >= 0.3 is 0 Å². The number of carbonyl (C=O) groups excluding carboxylic acids is 1. The van der Waals surface area contributed by atoms with E-state index in [1.807, 2.05) is 18.2 Å². The van der Waals surface area contributed by atoms with Crippen LogP contribution in [0.4, 0.5) is 10.1 Å². The molecule has 1 aliphatic rings. The summed E-state index contributed by atoms with van der Waals surface area (Å²) < 4.78 is 18.5. The molecule has 2 aromatic rings. The number of carbonyl (C=O) groups is 1. The molecule has 3 nitrogen and oxygen atoms in total. The van der Waals surface area contributed by atoms with Gasteiger partial charge in [-0.15, -0.1) is 0 Å². The summed E-state index contributed by atoms with van der Waals surface area (Å²) in [6.45, 7) is 2.43. The molecule has 0 radical (unpaired) electrons. The minimum atomic E-state index is -0.261. The van der Waals surface area contributed by atoms with E-state index in [4.69, 9.17) is 4.74 Å². The number of hydrogen-bond donors (Lipinski definition) is 1. The molecule has 1 amide bonds. The van der Waals surface area contributed by atoms with Crippen molar-refractivity contribution < 1.29 is 13.9 Å². The Bertz CT molecular complexity index is 669. The van der Waals surface area contributed by atoms with Gasteiger partial charge in [0.2, 0.25) is 5.91 Å². The standard InChI is InChI=1S/C18H18FNO2/c1-12-9-17(12)18(21)20-15-3-2-4-16(10-15)22-11-13-5-7-14(19)8-6-13/h2-8,10,12,17H,9,11H2,1H3,(H,20,21)/t12-,17+/m0/s1. The smallest absolute Gasteiger partial charge is 0.227 e. The second kappa shape index (κ2) is 6.18. The predicted octanol–water partition coefficient (Wildman–Crippen LogP) is 4.00. The van der Waals surface area contributed by atoms with E-state index in [-0.39, 0.29) is 17.6 Å². The van der Waals surface area contributed by atoms with Crippen LogP contribution in [0.3, 0.4) is 0 Å². The van der Waals surface area contributed by atoms with E-state index in [9.17, 15) is 9.18 Å². The number of hydrogen-bond acceptors (Lipinski definition) is 2. The maximum Gasteiger partial charge on any atom is 0.227 e. The summed E-state index contributed by atoms with van der Waals surface area (Å²) in [5.41, 5.74) is 1.63. The van der Waals surface area contributed by atoms with Crippen molar-refractivity contribution in [2.45, 2.75) is 20.0 Å². The molecule has 4 heteroatoms. The zero-order valence-electron chi connectivity index (χ0n) is 12.4. The van der Waals surface area contributed by atoms with Gasteiger partial charge in [0, 0.05) is 17.7 Å². The Morgan fingerprint density at radius 3 is 2.68 bits per heavy atom. The number of halogens is 1. The van der Waals surface area contributed by atoms with Crippen molar-refractivity contribution in [3.63, 3.8) is 0 Å². The lowest BCUT2D eigenvalue weighted by Gasteiger charge is -2.09. The molecule has 0 unspecified atom stereocenters. The monoisotopic (exact) mass is 299 g/mol. The van der Waals surface area contributed by atoms with Gasteiger partial charge in [0.15, 0.2) is 0 Å². The normalized spacial score (nSPS) is 19.5. The summed E-state index contributed by atoms with van der Waals surface area (Å²) in [5.74, 6) is 1.11. The van der Waals surface area contributed by atoms with Crippen LogP contribution in [0.25, 0.3) is 0 Å². The topological polar surface area (TPSA) is 38.3 Å². The van der Waals surface area contributed by atoms with Crippen LogP contribution in [0, 0.1) is 17.7 Å². The van der Waals surface area contributed by atoms with E-state index in [1.165, 1.54) is 12.1 Å². The average Bonchev–Trinajstić information content (AvgIpc) is 3.24. The van der Waals surface area contributed by atoms with Crippen LogP contribution in [0.15, 0.2) is 48.5 Å². The summed E-state index contributed by atoms with van der Waals surface area (Å²) in [6.07, 6.45) is 0.965. The first-order chi connectivity index (χ1) is 10.6. The van der Waals surface area contributed by atoms with Gasteiger partial charge in [0.1, 0.15) is 18.2 Å². The van der Waals surface area contributed by atoms with Crippen LogP contribution in [0.1, 0.15) is 18.9 Å². The number of anilines is 1. The number of benzene rings is 2. The third kappa shape index (κ3) is 3.64. The minimum absolute atomic E-state index is 0.0724. The molecule has 0 spiro atoms. The van der Waals surface area contributed by atoms with Crippen molar-refractivity contribution in [3.05, 3.63) is 59.9 Å². The number of amides is 1. The molecule has 0 bridgehead atoms. The lowest BCUT2D eigenvalue weighted by molar-refractivity contribution is -0.117. The molecule has 0 aliphatic heterocycles. The molecule has 114 valence electrons. The largest absolute Gasteiger partial charge is 0.489 e. The van der Waals surface area contributed by atoms with Gasteiger partial charge in [-0.25, -0.2) is 4.39 Å². The second-order valence-electron chi connectivity index (χ2n) is 5.75. The van der Waals surface area contributed by atoms with Gasteiger partial charge in [-0.3, -0.25) is 4.79 Å². The predicted molar refractivity (Wildman–Crippen MR) is 83.1 cm³/mol. The SMILES string of the molecule is C[C@H]1C[C@H]1C(=O)Nc1cccc(OCc2ccc(F)cc2)c1. The fourth-order valence-electron chi connectivity index (χ4n) is 2.33. The molecule has 0 heterocycles. The Hall–Kier alpha value is -2.36. The molecule has 0 saturated heterocycles. The lowest BCUT2D eigenvalue weighted by atomic mass is 10.2. The van der Waals surface area contributed by atoms with Gasteiger partial charge < -0.3 is 10.1 Å². The van der Waals surface area contributed by atoms with Crippen LogP contribution in [-0.2, 0) is 11.4 Å². The molecular formula is C18H18FNO2. The molecule has 2 atom stereocenters. The maximum atomic E-state index is 12.8. The van der Waals surface area contributed by atoms with Crippen molar-refractivity contribution in [1.82, 2.24) is 0 Å². The van der Waals surface area contributed by atoms with Crippen LogP contribution >= 0.6 is 0 Å². The van der Waals surface area contributed by atoms with Crippen molar-refractivity contribution in [2.75, 3.05) is 5.32 Å². The fourth-order valence-corrected chi connectivity index (χ4v) is 2.33. The Kier molecular flexibility index (Phi) is 4.09. The molecule has 22 heavy (non-hydrogen) atoms. The fraction of sp³-hybridized carbons (Fsp3) is 0.278. The van der Waals surface area contributed by atoms with Crippen molar-refractivity contribution in [1.29, 1.82) is 0 Å². The molecule has 1 saturated carbocycles. The molecule has 0 aromatic heterocycles. The van der Waals surface area contributed by atoms with Crippen molar-refractivity contribution in [2.24, 2.45) is 11.8 Å². The first kappa shape index (κ1) is 14.6. The van der Waals surface area contributed by atoms with Crippen molar-refractivity contribution >= 4 is 11.6 Å². The summed E-state index contributed by atoms with van der Waals surface area (Å²) in [7, 11) is 0. The first-order valence-corrected chi connectivity index (χ1v) is 7.40. The van der Waals surface area contributed by atoms with Crippen molar-refractivity contribution in [3.8, 4) is 5.75 Å². The highest BCUT2D eigenvalue weighted by Gasteiger charge is 2.39. The third-order valence-electron chi connectivity index (χ3n) is 3.87. The Morgan fingerprint density at radius 2 is 2.00 bits per heavy atom. The second-order valence-corrected chi connectivity index (χ2v) is 5.75. The van der Waals surface area contributed by atoms with E-state index in [1.54, 1.807) is 18.2 Å². The lowest BCUT2D eigenvalue weighted by Crippen LogP contribution is -2.14. The van der Waals surface area contributed by atoms with E-state index >= 15 is 0 Å². The van der Waals surface area contributed by atoms with Crippen LogP contribution < -0.4 is 10.1 Å². The van der Waals surface area contributed by atoms with E-state index in [2.05, 4.69) is 12.2 Å². The van der Waals surface area contributed by atoms with Gasteiger partial charge in [0.25, 0.3) is 0 Å². The summed E-state index contributed by atoms with van der Waals surface area (Å²) in [4.78, 5) is 11.9. The van der Waals surface area contributed by atoms with Gasteiger partial charge in [-0.1, -0.05) is 25.1 Å². The highest BCUT2D eigenvalue weighted by Crippen LogP contribution is 2.38. The van der Waals surface area contributed by atoms with E-state index in [0.29, 0.717) is 18.3 Å². The Balaban J connectivity index is 1.58. The highest BCUT2D eigenvalue weighted by atomic mass is 19.1. The molecule has 3 rings (SSSR count). The van der Waals surface area contributed by atoms with Gasteiger partial charge in [-0.2, -0.15) is 0 Å². The minimum Gasteiger partial charge on any atom is -0.489 e. The van der Waals surface area contributed by atoms with Gasteiger partial charge in [0.05, 0.1) is 0 Å². The molecule has 2 aromatic carbocycles. The quantitative estimate of drug-likeness (QED) is 0.906. The van der Waals surface area contributed by atoms with Crippen LogP contribution in [0.5, 0.6) is 5.75 Å². The zero-order valence-corrected chi connectivity index (χ0v) is 12.4. The Labute approximate surface area is 129 Å². The molecule has 1 N–H and O–H groups in total. The third-order valence-corrected chi connectivity index (χ3v) is 3.87. The Morgan fingerprint density at radius 1 is 1.27 bits per heavy atom. The summed E-state index contributed by atoms with van der Waals surface area (Å²) in [5, 5.41) is 2.91.